The van der Waals surface area contributed by atoms with Gasteiger partial charge in [-0.3, -0.25) is 10.1 Å². The van der Waals surface area contributed by atoms with Crippen LogP contribution in [0.2, 0.25) is 0 Å². The van der Waals surface area contributed by atoms with Crippen molar-refractivity contribution in [3.8, 4) is 0 Å². The van der Waals surface area contributed by atoms with Crippen LogP contribution in [0.15, 0.2) is 0 Å². The van der Waals surface area contributed by atoms with E-state index in [1.54, 1.807) is 0 Å². The van der Waals surface area contributed by atoms with E-state index in [2.05, 4.69) is 26.1 Å². The summed E-state index contributed by atoms with van der Waals surface area (Å²) in [6.07, 6.45) is 18.1. The van der Waals surface area contributed by atoms with Crippen LogP contribution in [0, 0.1) is 0 Å². The summed E-state index contributed by atoms with van der Waals surface area (Å²) >= 11 is 0. The molecule has 1 rings (SSSR count). The zero-order valence-corrected chi connectivity index (χ0v) is 18.5. The van der Waals surface area contributed by atoms with Crippen molar-refractivity contribution in [2.45, 2.75) is 128 Å². The van der Waals surface area contributed by atoms with Crippen LogP contribution in [-0.2, 0) is 14.3 Å². The van der Waals surface area contributed by atoms with E-state index in [1.165, 1.54) is 77.7 Å². The Morgan fingerprint density at radius 3 is 1.89 bits per heavy atom. The number of ether oxygens (including phenoxy) is 2. The van der Waals surface area contributed by atoms with Crippen LogP contribution in [0.5, 0.6) is 0 Å². The number of esters is 1. The fourth-order valence-corrected chi connectivity index (χ4v) is 4.10. The van der Waals surface area contributed by atoms with Crippen LogP contribution in [0.25, 0.3) is 0 Å². The molecule has 0 amide bonds. The second-order valence-electron chi connectivity index (χ2n) is 9.01. The molecule has 1 saturated heterocycles. The van der Waals surface area contributed by atoms with Crippen LogP contribution >= 0.6 is 0 Å². The molecule has 0 aromatic carbocycles. The monoisotopic (exact) mass is 383 g/mol. The molecule has 1 atom stereocenters. The van der Waals surface area contributed by atoms with Gasteiger partial charge >= 0.3 is 5.97 Å². The van der Waals surface area contributed by atoms with E-state index in [1.807, 2.05) is 0 Å². The topological polar surface area (TPSA) is 47.6 Å². The molecule has 0 aromatic rings. The lowest BCUT2D eigenvalue weighted by molar-refractivity contribution is -0.141. The van der Waals surface area contributed by atoms with Crippen LogP contribution < -0.4 is 5.32 Å². The first kappa shape index (κ1) is 24.4. The summed E-state index contributed by atoms with van der Waals surface area (Å²) in [5.41, 5.74) is -0.236. The molecule has 0 bridgehead atoms. The van der Waals surface area contributed by atoms with E-state index < -0.39 is 0 Å². The third kappa shape index (κ3) is 11.1. The van der Waals surface area contributed by atoms with Gasteiger partial charge in [0.1, 0.15) is 5.72 Å². The van der Waals surface area contributed by atoms with Gasteiger partial charge in [-0.25, -0.2) is 0 Å². The molecule has 0 aliphatic carbocycles. The smallest absolute Gasteiger partial charge is 0.305 e. The molecule has 1 fully saturated rings. The SMILES string of the molecule is CCCCCCCCCCCCCC1(CCCC(=O)OC)NC(C)(C)CO1. The van der Waals surface area contributed by atoms with Crippen molar-refractivity contribution >= 4 is 5.97 Å². The van der Waals surface area contributed by atoms with Gasteiger partial charge in [-0.1, -0.05) is 71.1 Å². The highest BCUT2D eigenvalue weighted by atomic mass is 16.5. The Morgan fingerprint density at radius 1 is 0.889 bits per heavy atom. The molecule has 0 radical (unpaired) electrons. The average Bonchev–Trinajstić information content (AvgIpc) is 2.94. The second kappa shape index (κ2) is 13.5. The molecule has 4 nitrogen and oxygen atoms in total. The van der Waals surface area contributed by atoms with Gasteiger partial charge in [0.15, 0.2) is 0 Å². The van der Waals surface area contributed by atoms with Crippen molar-refractivity contribution in [2.75, 3.05) is 13.7 Å². The van der Waals surface area contributed by atoms with Crippen molar-refractivity contribution in [1.82, 2.24) is 5.32 Å². The first-order valence-corrected chi connectivity index (χ1v) is 11.4. The van der Waals surface area contributed by atoms with Gasteiger partial charge in [0, 0.05) is 12.0 Å². The average molecular weight is 384 g/mol. The molecule has 1 aliphatic heterocycles. The summed E-state index contributed by atoms with van der Waals surface area (Å²) in [4.78, 5) is 11.4. The van der Waals surface area contributed by atoms with Gasteiger partial charge < -0.3 is 9.47 Å². The molecule has 1 unspecified atom stereocenters. The number of hydrogen-bond donors (Lipinski definition) is 1. The lowest BCUT2D eigenvalue weighted by Gasteiger charge is -2.31. The Labute approximate surface area is 168 Å². The lowest BCUT2D eigenvalue weighted by atomic mass is 9.96. The van der Waals surface area contributed by atoms with Crippen LogP contribution in [-0.4, -0.2) is 30.9 Å². The van der Waals surface area contributed by atoms with Crippen molar-refractivity contribution in [3.05, 3.63) is 0 Å². The Balaban J connectivity index is 2.16. The molecule has 160 valence electrons. The molecule has 27 heavy (non-hydrogen) atoms. The second-order valence-corrected chi connectivity index (χ2v) is 9.01. The fourth-order valence-electron chi connectivity index (χ4n) is 4.10. The highest BCUT2D eigenvalue weighted by Gasteiger charge is 2.42. The molecule has 0 spiro atoms. The van der Waals surface area contributed by atoms with Gasteiger partial charge in [-0.05, 0) is 39.5 Å². The maximum absolute atomic E-state index is 11.4. The molecule has 0 aromatic heterocycles. The maximum Gasteiger partial charge on any atom is 0.305 e. The molecule has 4 heteroatoms. The fraction of sp³-hybridized carbons (Fsp3) is 0.957. The predicted octanol–water partition coefficient (Wildman–Crippen LogP) is 6.13. The molecular weight excluding hydrogens is 338 g/mol. The van der Waals surface area contributed by atoms with Crippen LogP contribution in [0.3, 0.4) is 0 Å². The summed E-state index contributed by atoms with van der Waals surface area (Å²) in [5, 5.41) is 3.70. The van der Waals surface area contributed by atoms with Crippen LogP contribution in [0.4, 0.5) is 0 Å². The van der Waals surface area contributed by atoms with Gasteiger partial charge in [0.25, 0.3) is 0 Å². The number of hydrogen-bond acceptors (Lipinski definition) is 4. The molecule has 1 N–H and O–H groups in total. The van der Waals surface area contributed by atoms with Gasteiger partial charge in [-0.15, -0.1) is 0 Å². The third-order valence-corrected chi connectivity index (χ3v) is 5.65. The summed E-state index contributed by atoms with van der Waals surface area (Å²) in [7, 11) is 1.46. The summed E-state index contributed by atoms with van der Waals surface area (Å²) < 4.78 is 11.0. The summed E-state index contributed by atoms with van der Waals surface area (Å²) in [5.74, 6) is -0.128. The number of carbonyl (C=O) groups excluding carboxylic acids is 1. The number of rotatable bonds is 16. The molecule has 1 aliphatic rings. The quantitative estimate of drug-likeness (QED) is 0.257. The highest BCUT2D eigenvalue weighted by molar-refractivity contribution is 5.69. The minimum absolute atomic E-state index is 0.0169. The summed E-state index contributed by atoms with van der Waals surface area (Å²) in [6.45, 7) is 7.39. The first-order valence-electron chi connectivity index (χ1n) is 11.4. The molecular formula is C23H45NO3. The van der Waals surface area contributed by atoms with E-state index >= 15 is 0 Å². The van der Waals surface area contributed by atoms with Gasteiger partial charge in [0.2, 0.25) is 0 Å². The van der Waals surface area contributed by atoms with E-state index in [4.69, 9.17) is 9.47 Å². The van der Waals surface area contributed by atoms with Gasteiger partial charge in [0.05, 0.1) is 13.7 Å². The predicted molar refractivity (Wildman–Crippen MR) is 113 cm³/mol. The van der Waals surface area contributed by atoms with E-state index in [9.17, 15) is 4.79 Å². The Bertz CT molecular complexity index is 397. The van der Waals surface area contributed by atoms with Crippen molar-refractivity contribution < 1.29 is 14.3 Å². The Hall–Kier alpha value is -0.610. The minimum Gasteiger partial charge on any atom is -0.469 e. The Kier molecular flexibility index (Phi) is 12.3. The van der Waals surface area contributed by atoms with Crippen molar-refractivity contribution in [3.63, 3.8) is 0 Å². The first-order chi connectivity index (χ1) is 12.9. The Morgan fingerprint density at radius 2 is 1.41 bits per heavy atom. The standard InChI is InChI=1S/C23H45NO3/c1-5-6-7-8-9-10-11-12-13-14-15-18-23(19-16-17-21(25)26-4)24-22(2,3)20-27-23/h24H,5-20H2,1-4H3. The van der Waals surface area contributed by atoms with Gasteiger partial charge in [-0.2, -0.15) is 0 Å². The normalized spacial score (nSPS) is 21.5. The zero-order valence-electron chi connectivity index (χ0n) is 18.5. The maximum atomic E-state index is 11.4. The molecule has 0 saturated carbocycles. The number of methoxy groups -OCH3 is 1. The zero-order chi connectivity index (χ0) is 20.0. The largest absolute Gasteiger partial charge is 0.469 e. The molecule has 1 heterocycles. The van der Waals surface area contributed by atoms with E-state index in [0.717, 1.165) is 25.9 Å². The number of unbranched alkanes of at least 4 members (excludes halogenated alkanes) is 10. The van der Waals surface area contributed by atoms with E-state index in [-0.39, 0.29) is 17.2 Å². The third-order valence-electron chi connectivity index (χ3n) is 5.65. The highest BCUT2D eigenvalue weighted by Crippen LogP contribution is 2.32. The number of carbonyl (C=O) groups is 1. The minimum atomic E-state index is -0.253. The van der Waals surface area contributed by atoms with Crippen LogP contribution in [0.1, 0.15) is 117 Å². The summed E-state index contributed by atoms with van der Waals surface area (Å²) in [6, 6.07) is 0. The van der Waals surface area contributed by atoms with Crippen molar-refractivity contribution in [1.29, 1.82) is 0 Å². The van der Waals surface area contributed by atoms with Crippen molar-refractivity contribution in [2.24, 2.45) is 0 Å². The lowest BCUT2D eigenvalue weighted by Crippen LogP contribution is -2.48. The van der Waals surface area contributed by atoms with E-state index in [0.29, 0.717) is 6.42 Å². The number of nitrogens with one attached hydrogen (secondary N) is 1.